The van der Waals surface area contributed by atoms with Crippen LogP contribution in [0.5, 0.6) is 0 Å². The number of amides is 1. The Morgan fingerprint density at radius 1 is 0.957 bits per heavy atom. The summed E-state index contributed by atoms with van der Waals surface area (Å²) >= 11 is 0. The standard InChI is InChI=1S/C19H19N3O/c20-11-10-16-6-8-17(9-7-16)19(23)22-14-12-21(13-15-22)18-4-2-1-3-5-18/h1-9H,10,12-15H2. The Labute approximate surface area is 136 Å². The van der Waals surface area contributed by atoms with E-state index in [1.807, 2.05) is 47.4 Å². The molecule has 1 amide bonds. The zero-order valence-electron chi connectivity index (χ0n) is 13.0. The van der Waals surface area contributed by atoms with Gasteiger partial charge in [0.05, 0.1) is 12.5 Å². The normalized spacial score (nSPS) is 14.4. The predicted octanol–water partition coefficient (Wildman–Crippen LogP) is 2.72. The highest BCUT2D eigenvalue weighted by Crippen LogP contribution is 2.17. The van der Waals surface area contributed by atoms with Gasteiger partial charge in [-0.15, -0.1) is 0 Å². The second kappa shape index (κ2) is 6.97. The van der Waals surface area contributed by atoms with Gasteiger partial charge >= 0.3 is 0 Å². The van der Waals surface area contributed by atoms with Gasteiger partial charge in [0.25, 0.3) is 5.91 Å². The minimum atomic E-state index is 0.0706. The summed E-state index contributed by atoms with van der Waals surface area (Å²) in [7, 11) is 0. The van der Waals surface area contributed by atoms with Crippen LogP contribution in [0, 0.1) is 11.3 Å². The number of para-hydroxylation sites is 1. The third-order valence-corrected chi connectivity index (χ3v) is 4.17. The van der Waals surface area contributed by atoms with Crippen LogP contribution in [-0.2, 0) is 6.42 Å². The van der Waals surface area contributed by atoms with Gasteiger partial charge in [0, 0.05) is 37.4 Å². The van der Waals surface area contributed by atoms with Crippen molar-refractivity contribution in [1.29, 1.82) is 5.26 Å². The average Bonchev–Trinajstić information content (AvgIpc) is 2.63. The summed E-state index contributed by atoms with van der Waals surface area (Å²) in [5, 5.41) is 8.69. The van der Waals surface area contributed by atoms with Crippen molar-refractivity contribution in [2.45, 2.75) is 6.42 Å². The van der Waals surface area contributed by atoms with Crippen LogP contribution >= 0.6 is 0 Å². The molecule has 0 aromatic heterocycles. The highest BCUT2D eigenvalue weighted by molar-refractivity contribution is 5.94. The molecule has 1 fully saturated rings. The van der Waals surface area contributed by atoms with Gasteiger partial charge in [-0.25, -0.2) is 0 Å². The van der Waals surface area contributed by atoms with Gasteiger partial charge in [0.15, 0.2) is 0 Å². The van der Waals surface area contributed by atoms with Crippen LogP contribution in [0.1, 0.15) is 15.9 Å². The number of nitriles is 1. The van der Waals surface area contributed by atoms with Gasteiger partial charge in [0.1, 0.15) is 0 Å². The summed E-state index contributed by atoms with van der Waals surface area (Å²) < 4.78 is 0. The highest BCUT2D eigenvalue weighted by Gasteiger charge is 2.22. The lowest BCUT2D eigenvalue weighted by molar-refractivity contribution is 0.0747. The summed E-state index contributed by atoms with van der Waals surface area (Å²) in [6.45, 7) is 3.16. The molecule has 0 unspecified atom stereocenters. The van der Waals surface area contributed by atoms with Crippen molar-refractivity contribution in [3.63, 3.8) is 0 Å². The summed E-state index contributed by atoms with van der Waals surface area (Å²) in [5.41, 5.74) is 2.85. The fourth-order valence-corrected chi connectivity index (χ4v) is 2.85. The Kier molecular flexibility index (Phi) is 4.58. The number of rotatable bonds is 3. The fourth-order valence-electron chi connectivity index (χ4n) is 2.85. The summed E-state index contributed by atoms with van der Waals surface area (Å²) in [6.07, 6.45) is 0.379. The van der Waals surface area contributed by atoms with E-state index < -0.39 is 0 Å². The van der Waals surface area contributed by atoms with E-state index in [-0.39, 0.29) is 5.91 Å². The molecule has 1 aliphatic heterocycles. The second-order valence-electron chi connectivity index (χ2n) is 5.65. The third-order valence-electron chi connectivity index (χ3n) is 4.17. The van der Waals surface area contributed by atoms with E-state index in [9.17, 15) is 4.79 Å². The van der Waals surface area contributed by atoms with Crippen molar-refractivity contribution >= 4 is 11.6 Å². The lowest BCUT2D eigenvalue weighted by Crippen LogP contribution is -2.48. The van der Waals surface area contributed by atoms with Gasteiger partial charge in [-0.1, -0.05) is 30.3 Å². The first kappa shape index (κ1) is 15.1. The Hall–Kier alpha value is -2.80. The van der Waals surface area contributed by atoms with Crippen LogP contribution in [-0.4, -0.2) is 37.0 Å². The molecular formula is C19H19N3O. The number of carbonyl (C=O) groups excluding carboxylic acids is 1. The van der Waals surface area contributed by atoms with Crippen molar-refractivity contribution in [2.75, 3.05) is 31.1 Å². The van der Waals surface area contributed by atoms with E-state index in [4.69, 9.17) is 5.26 Å². The number of carbonyl (C=O) groups is 1. The molecule has 1 heterocycles. The number of nitrogens with zero attached hydrogens (tertiary/aromatic N) is 3. The molecule has 2 aromatic rings. The van der Waals surface area contributed by atoms with Crippen LogP contribution < -0.4 is 4.90 Å². The maximum absolute atomic E-state index is 12.6. The number of hydrogen-bond acceptors (Lipinski definition) is 3. The number of anilines is 1. The maximum Gasteiger partial charge on any atom is 0.253 e. The Morgan fingerprint density at radius 2 is 1.61 bits per heavy atom. The smallest absolute Gasteiger partial charge is 0.253 e. The lowest BCUT2D eigenvalue weighted by atomic mass is 10.1. The zero-order valence-corrected chi connectivity index (χ0v) is 13.0. The Morgan fingerprint density at radius 3 is 2.22 bits per heavy atom. The first-order chi connectivity index (χ1) is 11.3. The molecule has 3 rings (SSSR count). The number of hydrogen-bond donors (Lipinski definition) is 0. The van der Waals surface area contributed by atoms with Crippen LogP contribution in [0.25, 0.3) is 0 Å². The minimum Gasteiger partial charge on any atom is -0.368 e. The summed E-state index contributed by atoms with van der Waals surface area (Å²) in [5.74, 6) is 0.0706. The van der Waals surface area contributed by atoms with E-state index in [2.05, 4.69) is 23.1 Å². The minimum absolute atomic E-state index is 0.0706. The zero-order chi connectivity index (χ0) is 16.1. The molecular weight excluding hydrogens is 286 g/mol. The van der Waals surface area contributed by atoms with Crippen LogP contribution in [0.3, 0.4) is 0 Å². The lowest BCUT2D eigenvalue weighted by Gasteiger charge is -2.36. The molecule has 0 bridgehead atoms. The molecule has 23 heavy (non-hydrogen) atoms. The fraction of sp³-hybridized carbons (Fsp3) is 0.263. The Balaban J connectivity index is 1.61. The number of piperazine rings is 1. The molecule has 0 N–H and O–H groups in total. The molecule has 116 valence electrons. The largest absolute Gasteiger partial charge is 0.368 e. The van der Waals surface area contributed by atoms with Crippen LogP contribution in [0.15, 0.2) is 54.6 Å². The quantitative estimate of drug-likeness (QED) is 0.876. The van der Waals surface area contributed by atoms with Crippen molar-refractivity contribution in [2.24, 2.45) is 0 Å². The molecule has 4 heteroatoms. The second-order valence-corrected chi connectivity index (χ2v) is 5.65. The molecule has 1 aliphatic rings. The molecule has 0 atom stereocenters. The molecule has 0 saturated carbocycles. The third kappa shape index (κ3) is 3.51. The van der Waals surface area contributed by atoms with Crippen molar-refractivity contribution in [3.05, 3.63) is 65.7 Å². The molecule has 0 aliphatic carbocycles. The van der Waals surface area contributed by atoms with Gasteiger partial charge in [-0.05, 0) is 29.8 Å². The SMILES string of the molecule is N#CCc1ccc(C(=O)N2CCN(c3ccccc3)CC2)cc1. The van der Waals surface area contributed by atoms with E-state index in [1.54, 1.807) is 0 Å². The van der Waals surface area contributed by atoms with E-state index >= 15 is 0 Å². The predicted molar refractivity (Wildman–Crippen MR) is 90.3 cm³/mol. The van der Waals surface area contributed by atoms with Crippen LogP contribution in [0.2, 0.25) is 0 Å². The first-order valence-electron chi connectivity index (χ1n) is 7.83. The molecule has 0 spiro atoms. The summed E-state index contributed by atoms with van der Waals surface area (Å²) in [6, 6.07) is 19.8. The Bertz CT molecular complexity index is 696. The van der Waals surface area contributed by atoms with Gasteiger partial charge in [-0.2, -0.15) is 5.26 Å². The average molecular weight is 305 g/mol. The monoisotopic (exact) mass is 305 g/mol. The molecule has 2 aromatic carbocycles. The van der Waals surface area contributed by atoms with Crippen molar-refractivity contribution < 1.29 is 4.79 Å². The summed E-state index contributed by atoms with van der Waals surface area (Å²) in [4.78, 5) is 16.8. The molecule has 4 nitrogen and oxygen atoms in total. The maximum atomic E-state index is 12.6. The van der Waals surface area contributed by atoms with E-state index in [0.29, 0.717) is 12.0 Å². The number of benzene rings is 2. The van der Waals surface area contributed by atoms with Gasteiger partial charge in [0.2, 0.25) is 0 Å². The van der Waals surface area contributed by atoms with Gasteiger partial charge in [-0.3, -0.25) is 4.79 Å². The topological polar surface area (TPSA) is 47.3 Å². The van der Waals surface area contributed by atoms with E-state index in [1.165, 1.54) is 5.69 Å². The van der Waals surface area contributed by atoms with Crippen LogP contribution in [0.4, 0.5) is 5.69 Å². The van der Waals surface area contributed by atoms with E-state index in [0.717, 1.165) is 31.7 Å². The molecule has 1 saturated heterocycles. The van der Waals surface area contributed by atoms with Gasteiger partial charge < -0.3 is 9.80 Å². The molecule has 0 radical (unpaired) electrons. The van der Waals surface area contributed by atoms with Crippen molar-refractivity contribution in [3.8, 4) is 6.07 Å². The van der Waals surface area contributed by atoms with Crippen molar-refractivity contribution in [1.82, 2.24) is 4.90 Å². The highest BCUT2D eigenvalue weighted by atomic mass is 16.2. The first-order valence-corrected chi connectivity index (χ1v) is 7.83.